The van der Waals surface area contributed by atoms with Crippen molar-refractivity contribution < 1.29 is 19.7 Å². The van der Waals surface area contributed by atoms with Gasteiger partial charge in [-0.25, -0.2) is 0 Å². The van der Waals surface area contributed by atoms with Crippen LogP contribution in [-0.4, -0.2) is 53.6 Å². The number of aliphatic carboxylic acids is 1. The van der Waals surface area contributed by atoms with E-state index in [2.05, 4.69) is 10.6 Å². The number of rotatable bonds is 8. The van der Waals surface area contributed by atoms with Gasteiger partial charge >= 0.3 is 5.97 Å². The second-order valence-electron chi connectivity index (χ2n) is 6.55. The lowest BCUT2D eigenvalue weighted by Gasteiger charge is -2.25. The first-order chi connectivity index (χ1) is 10.2. The largest absolute Gasteiger partial charge is 0.480 e. The summed E-state index contributed by atoms with van der Waals surface area (Å²) in [6.45, 7) is 5.48. The summed E-state index contributed by atoms with van der Waals surface area (Å²) in [5.74, 6) is -1.32. The monoisotopic (exact) mass is 313 g/mol. The van der Waals surface area contributed by atoms with Gasteiger partial charge < -0.3 is 26.5 Å². The van der Waals surface area contributed by atoms with Crippen LogP contribution in [0.5, 0.6) is 0 Å². The summed E-state index contributed by atoms with van der Waals surface area (Å²) in [5.41, 5.74) is 5.84. The van der Waals surface area contributed by atoms with Crippen LogP contribution in [0, 0.1) is 11.8 Å². The Morgan fingerprint density at radius 3 is 2.59 bits per heavy atom. The minimum atomic E-state index is -0.910. The zero-order chi connectivity index (χ0) is 16.9. The van der Waals surface area contributed by atoms with Crippen molar-refractivity contribution >= 4 is 18.8 Å². The molecule has 1 saturated heterocycles. The van der Waals surface area contributed by atoms with Crippen LogP contribution in [0.15, 0.2) is 0 Å². The number of nitrogens with one attached hydrogen (secondary N) is 2. The number of carbonyl (C=O) groups is 2. The van der Waals surface area contributed by atoms with Crippen molar-refractivity contribution in [1.82, 2.24) is 10.6 Å². The van der Waals surface area contributed by atoms with E-state index in [1.165, 1.54) is 0 Å². The number of carbonyl (C=O) groups excluding carboxylic acids is 1. The predicted octanol–water partition coefficient (Wildman–Crippen LogP) is -0.479. The van der Waals surface area contributed by atoms with Gasteiger partial charge in [-0.05, 0) is 18.7 Å². The van der Waals surface area contributed by atoms with Crippen LogP contribution in [0.2, 0.25) is 13.1 Å². The molecule has 0 aromatic rings. The first kappa shape index (κ1) is 18.9. The summed E-state index contributed by atoms with van der Waals surface area (Å²) in [7, 11) is 0. The molecule has 1 heterocycles. The van der Waals surface area contributed by atoms with Gasteiger partial charge in [-0.2, -0.15) is 0 Å². The maximum absolute atomic E-state index is 12.1. The minimum absolute atomic E-state index is 0.0262. The van der Waals surface area contributed by atoms with E-state index in [1.54, 1.807) is 6.82 Å². The van der Waals surface area contributed by atoms with Crippen molar-refractivity contribution in [3.8, 4) is 0 Å². The molecular weight excluding hydrogens is 285 g/mol. The van der Waals surface area contributed by atoms with Crippen LogP contribution in [-0.2, 0) is 9.59 Å². The average molecular weight is 313 g/mol. The molecule has 0 aromatic heterocycles. The smallest absolute Gasteiger partial charge is 0.321 e. The summed E-state index contributed by atoms with van der Waals surface area (Å²) in [6, 6.07) is -1.51. The first-order valence-corrected chi connectivity index (χ1v) is 7.94. The molecule has 4 atom stereocenters. The Labute approximate surface area is 132 Å². The Kier molecular flexibility index (Phi) is 7.31. The van der Waals surface area contributed by atoms with Crippen LogP contribution < -0.4 is 16.4 Å². The van der Waals surface area contributed by atoms with E-state index < -0.39 is 25.0 Å². The van der Waals surface area contributed by atoms with Gasteiger partial charge in [-0.15, -0.1) is 0 Å². The van der Waals surface area contributed by atoms with Gasteiger partial charge in [0.2, 0.25) is 5.91 Å². The van der Waals surface area contributed by atoms with Crippen molar-refractivity contribution in [3.05, 3.63) is 0 Å². The Morgan fingerprint density at radius 2 is 2.09 bits per heavy atom. The number of carboxylic acids is 1. The number of hydrogen-bond acceptors (Lipinski definition) is 5. The summed E-state index contributed by atoms with van der Waals surface area (Å²) in [5, 5.41) is 24.5. The molecule has 1 fully saturated rings. The van der Waals surface area contributed by atoms with Gasteiger partial charge in [0.25, 0.3) is 6.92 Å². The van der Waals surface area contributed by atoms with Crippen LogP contribution >= 0.6 is 0 Å². The van der Waals surface area contributed by atoms with Crippen molar-refractivity contribution in [2.75, 3.05) is 6.54 Å². The van der Waals surface area contributed by atoms with E-state index in [0.29, 0.717) is 19.3 Å². The highest BCUT2D eigenvalue weighted by molar-refractivity contribution is 6.48. The lowest BCUT2D eigenvalue weighted by molar-refractivity contribution is -0.140. The third-order valence-electron chi connectivity index (χ3n) is 4.28. The molecule has 8 heteroatoms. The van der Waals surface area contributed by atoms with E-state index in [4.69, 9.17) is 5.73 Å². The third-order valence-corrected chi connectivity index (χ3v) is 4.28. The number of nitrogens with two attached hydrogens (primary N) is 1. The minimum Gasteiger partial charge on any atom is -0.480 e. The molecule has 126 valence electrons. The van der Waals surface area contributed by atoms with Crippen molar-refractivity contribution in [1.29, 1.82) is 0 Å². The maximum Gasteiger partial charge on any atom is 0.321 e. The highest BCUT2D eigenvalue weighted by Gasteiger charge is 2.40. The molecule has 0 bridgehead atoms. The fourth-order valence-electron chi connectivity index (χ4n) is 2.82. The fourth-order valence-corrected chi connectivity index (χ4v) is 2.82. The maximum atomic E-state index is 12.1. The van der Waals surface area contributed by atoms with Crippen LogP contribution in [0.1, 0.15) is 26.7 Å². The normalized spacial score (nSPS) is 26.0. The Bertz CT molecular complexity index is 392. The Morgan fingerprint density at radius 1 is 1.45 bits per heavy atom. The topological polar surface area (TPSA) is 125 Å². The Hall–Kier alpha value is -1.12. The van der Waals surface area contributed by atoms with Gasteiger partial charge in [-0.1, -0.05) is 27.1 Å². The molecule has 1 rings (SSSR count). The van der Waals surface area contributed by atoms with E-state index in [9.17, 15) is 19.7 Å². The van der Waals surface area contributed by atoms with Crippen molar-refractivity contribution in [2.24, 2.45) is 17.6 Å². The first-order valence-electron chi connectivity index (χ1n) is 7.94. The molecule has 6 N–H and O–H groups in total. The summed E-state index contributed by atoms with van der Waals surface area (Å²) in [6.07, 6.45) is 1.97. The van der Waals surface area contributed by atoms with Crippen molar-refractivity contribution in [3.63, 3.8) is 0 Å². The standard InChI is InChI=1S/C14H28BN3O4/c1-8(2)11(16)13(19)18-10-7-17-12(14(20)21)9(10)5-4-6-15(3)22/h8-12,17,22H,4-7,16H2,1-3H3,(H,18,19)(H,20,21). The molecule has 22 heavy (non-hydrogen) atoms. The lowest BCUT2D eigenvalue weighted by Crippen LogP contribution is -2.50. The molecule has 0 spiro atoms. The summed E-state index contributed by atoms with van der Waals surface area (Å²) in [4.78, 5) is 23.4. The van der Waals surface area contributed by atoms with Gasteiger partial charge in [-0.3, -0.25) is 9.59 Å². The average Bonchev–Trinajstić information content (AvgIpc) is 2.80. The van der Waals surface area contributed by atoms with E-state index >= 15 is 0 Å². The molecule has 1 aliphatic heterocycles. The second kappa shape index (κ2) is 8.50. The predicted molar refractivity (Wildman–Crippen MR) is 85.5 cm³/mol. The molecule has 1 aliphatic rings. The van der Waals surface area contributed by atoms with E-state index in [0.717, 1.165) is 6.42 Å². The van der Waals surface area contributed by atoms with Gasteiger partial charge in [0.1, 0.15) is 6.04 Å². The fraction of sp³-hybridized carbons (Fsp3) is 0.857. The lowest BCUT2D eigenvalue weighted by atomic mass is 9.66. The number of hydrogen-bond donors (Lipinski definition) is 5. The molecule has 7 nitrogen and oxygen atoms in total. The zero-order valence-electron chi connectivity index (χ0n) is 13.6. The molecule has 0 radical (unpaired) electrons. The number of carboxylic acid groups (broad SMARTS) is 1. The highest BCUT2D eigenvalue weighted by Crippen LogP contribution is 2.23. The molecule has 4 unspecified atom stereocenters. The van der Waals surface area contributed by atoms with E-state index in [-0.39, 0.29) is 23.8 Å². The molecule has 0 aliphatic carbocycles. The van der Waals surface area contributed by atoms with Crippen LogP contribution in [0.4, 0.5) is 0 Å². The van der Waals surface area contributed by atoms with Gasteiger partial charge in [0.15, 0.2) is 0 Å². The van der Waals surface area contributed by atoms with E-state index in [1.807, 2.05) is 13.8 Å². The molecule has 0 saturated carbocycles. The summed E-state index contributed by atoms with van der Waals surface area (Å²) >= 11 is 0. The second-order valence-corrected chi connectivity index (χ2v) is 6.55. The quantitative estimate of drug-likeness (QED) is 0.386. The number of amides is 1. The van der Waals surface area contributed by atoms with Gasteiger partial charge in [0.05, 0.1) is 6.04 Å². The molecule has 1 amide bonds. The zero-order valence-corrected chi connectivity index (χ0v) is 13.6. The molecular formula is C14H28BN3O4. The van der Waals surface area contributed by atoms with Gasteiger partial charge in [0, 0.05) is 18.5 Å². The SMILES string of the molecule is CB(O)CCCC1C(NC(=O)C(N)C(C)C)CNC1C(=O)O. The Balaban J connectivity index is 2.66. The third kappa shape index (κ3) is 5.26. The molecule has 0 aromatic carbocycles. The van der Waals surface area contributed by atoms with Crippen LogP contribution in [0.25, 0.3) is 0 Å². The summed E-state index contributed by atoms with van der Waals surface area (Å²) < 4.78 is 0. The van der Waals surface area contributed by atoms with Crippen molar-refractivity contribution in [2.45, 2.75) is 58.0 Å². The highest BCUT2D eigenvalue weighted by atomic mass is 16.4. The van der Waals surface area contributed by atoms with Crippen LogP contribution in [0.3, 0.4) is 0 Å².